The fourth-order valence-electron chi connectivity index (χ4n) is 2.04. The van der Waals surface area contributed by atoms with Crippen molar-refractivity contribution >= 4 is 11.9 Å². The molecule has 1 unspecified atom stereocenters. The molecule has 0 N–H and O–H groups in total. The number of morpholine rings is 1. The molecule has 1 aliphatic rings. The van der Waals surface area contributed by atoms with Gasteiger partial charge >= 0.3 is 5.97 Å². The van der Waals surface area contributed by atoms with Crippen LogP contribution < -0.4 is 0 Å². The molecule has 1 aromatic rings. The molecule has 1 saturated heterocycles. The maximum atomic E-state index is 12.1. The minimum atomic E-state index is -0.860. The summed E-state index contributed by atoms with van der Waals surface area (Å²) in [4.78, 5) is 25.7. The van der Waals surface area contributed by atoms with Gasteiger partial charge in [0, 0.05) is 13.1 Å². The first kappa shape index (κ1) is 15.0. The molecule has 21 heavy (non-hydrogen) atoms. The predicted molar refractivity (Wildman–Crippen MR) is 73.4 cm³/mol. The SMILES string of the molecule is CC(OC(=O)c1cccc(C#N)c1)C(=O)N1CCOCC1. The molecular formula is C15H16N2O4. The summed E-state index contributed by atoms with van der Waals surface area (Å²) in [5.74, 6) is -0.843. The minimum Gasteiger partial charge on any atom is -0.449 e. The van der Waals surface area contributed by atoms with Crippen molar-refractivity contribution in [2.24, 2.45) is 0 Å². The Morgan fingerprint density at radius 1 is 1.38 bits per heavy atom. The molecule has 2 rings (SSSR count). The fourth-order valence-corrected chi connectivity index (χ4v) is 2.04. The molecule has 1 atom stereocenters. The number of hydrogen-bond acceptors (Lipinski definition) is 5. The first-order valence-electron chi connectivity index (χ1n) is 6.69. The molecule has 1 aliphatic heterocycles. The maximum absolute atomic E-state index is 12.1. The third kappa shape index (κ3) is 3.80. The van der Waals surface area contributed by atoms with Crippen molar-refractivity contribution < 1.29 is 19.1 Å². The van der Waals surface area contributed by atoms with Crippen LogP contribution in [-0.4, -0.2) is 49.2 Å². The van der Waals surface area contributed by atoms with Gasteiger partial charge < -0.3 is 14.4 Å². The monoisotopic (exact) mass is 288 g/mol. The molecule has 1 aromatic carbocycles. The van der Waals surface area contributed by atoms with Crippen molar-refractivity contribution in [1.29, 1.82) is 5.26 Å². The van der Waals surface area contributed by atoms with Gasteiger partial charge in [0.05, 0.1) is 30.4 Å². The van der Waals surface area contributed by atoms with E-state index in [2.05, 4.69) is 0 Å². The van der Waals surface area contributed by atoms with Crippen LogP contribution in [0.2, 0.25) is 0 Å². The summed E-state index contributed by atoms with van der Waals surface area (Å²) in [6.45, 7) is 3.55. The largest absolute Gasteiger partial charge is 0.449 e. The van der Waals surface area contributed by atoms with E-state index in [1.54, 1.807) is 30.0 Å². The van der Waals surface area contributed by atoms with E-state index in [1.807, 2.05) is 6.07 Å². The average Bonchev–Trinajstić information content (AvgIpc) is 2.54. The summed E-state index contributed by atoms with van der Waals surface area (Å²) in [6.07, 6.45) is -0.860. The Morgan fingerprint density at radius 2 is 2.10 bits per heavy atom. The molecule has 6 nitrogen and oxygen atoms in total. The van der Waals surface area contributed by atoms with Gasteiger partial charge in [-0.25, -0.2) is 4.79 Å². The Balaban J connectivity index is 1.98. The molecule has 0 radical (unpaired) electrons. The van der Waals surface area contributed by atoms with Crippen molar-refractivity contribution in [3.05, 3.63) is 35.4 Å². The average molecular weight is 288 g/mol. The van der Waals surface area contributed by atoms with Crippen LogP contribution in [0.15, 0.2) is 24.3 Å². The Hall–Kier alpha value is -2.39. The van der Waals surface area contributed by atoms with Gasteiger partial charge in [-0.1, -0.05) is 6.07 Å². The lowest BCUT2D eigenvalue weighted by Crippen LogP contribution is -2.46. The number of esters is 1. The van der Waals surface area contributed by atoms with Crippen molar-refractivity contribution in [2.75, 3.05) is 26.3 Å². The van der Waals surface area contributed by atoms with Crippen LogP contribution in [0.1, 0.15) is 22.8 Å². The summed E-state index contributed by atoms with van der Waals surface area (Å²) in [6, 6.07) is 8.14. The van der Waals surface area contributed by atoms with Gasteiger partial charge in [0.1, 0.15) is 0 Å². The normalized spacial score (nSPS) is 15.9. The Kier molecular flexibility index (Phi) is 4.90. The van der Waals surface area contributed by atoms with Gasteiger partial charge in [-0.2, -0.15) is 5.26 Å². The van der Waals surface area contributed by atoms with Crippen LogP contribution in [-0.2, 0) is 14.3 Å². The molecule has 1 amide bonds. The van der Waals surface area contributed by atoms with E-state index in [9.17, 15) is 9.59 Å². The van der Waals surface area contributed by atoms with Crippen LogP contribution in [0.25, 0.3) is 0 Å². The minimum absolute atomic E-state index is 0.233. The quantitative estimate of drug-likeness (QED) is 0.774. The third-order valence-electron chi connectivity index (χ3n) is 3.18. The number of ether oxygens (including phenoxy) is 2. The number of nitrogens with zero attached hydrogens (tertiary/aromatic N) is 2. The standard InChI is InChI=1S/C15H16N2O4/c1-11(14(18)17-5-7-20-8-6-17)21-15(19)13-4-2-3-12(9-13)10-16/h2-4,9,11H,5-8H2,1H3. The van der Waals surface area contributed by atoms with E-state index in [1.165, 1.54) is 6.07 Å². The highest BCUT2D eigenvalue weighted by Crippen LogP contribution is 2.09. The van der Waals surface area contributed by atoms with Crippen LogP contribution in [0, 0.1) is 11.3 Å². The lowest BCUT2D eigenvalue weighted by Gasteiger charge is -2.28. The van der Waals surface area contributed by atoms with Crippen LogP contribution in [0.3, 0.4) is 0 Å². The maximum Gasteiger partial charge on any atom is 0.338 e. The number of carbonyl (C=O) groups excluding carboxylic acids is 2. The Morgan fingerprint density at radius 3 is 2.76 bits per heavy atom. The molecule has 0 aromatic heterocycles. The van der Waals surface area contributed by atoms with E-state index in [0.717, 1.165) is 0 Å². The number of nitriles is 1. The number of carbonyl (C=O) groups is 2. The van der Waals surface area contributed by atoms with Crippen LogP contribution >= 0.6 is 0 Å². The van der Waals surface area contributed by atoms with Gasteiger partial charge in [0.2, 0.25) is 0 Å². The number of rotatable bonds is 3. The van der Waals surface area contributed by atoms with Gasteiger partial charge in [0.25, 0.3) is 5.91 Å². The van der Waals surface area contributed by atoms with Gasteiger partial charge in [0.15, 0.2) is 6.10 Å². The summed E-state index contributed by atoms with van der Waals surface area (Å²) in [5, 5.41) is 8.81. The number of benzene rings is 1. The molecule has 1 heterocycles. The topological polar surface area (TPSA) is 79.6 Å². The molecule has 1 fully saturated rings. The highest BCUT2D eigenvalue weighted by atomic mass is 16.5. The fraction of sp³-hybridized carbons (Fsp3) is 0.400. The molecule has 6 heteroatoms. The molecular weight excluding hydrogens is 272 g/mol. The van der Waals surface area contributed by atoms with Crippen molar-refractivity contribution in [3.63, 3.8) is 0 Å². The molecule has 0 aliphatic carbocycles. The zero-order chi connectivity index (χ0) is 15.2. The molecule has 0 bridgehead atoms. The second-order valence-corrected chi connectivity index (χ2v) is 4.68. The molecule has 0 saturated carbocycles. The number of amides is 1. The summed E-state index contributed by atoms with van der Waals surface area (Å²) in [5.41, 5.74) is 0.632. The van der Waals surface area contributed by atoms with Gasteiger partial charge in [-0.05, 0) is 25.1 Å². The van der Waals surface area contributed by atoms with Crippen molar-refractivity contribution in [1.82, 2.24) is 4.90 Å². The highest BCUT2D eigenvalue weighted by Gasteiger charge is 2.25. The van der Waals surface area contributed by atoms with E-state index >= 15 is 0 Å². The lowest BCUT2D eigenvalue weighted by atomic mass is 10.1. The smallest absolute Gasteiger partial charge is 0.338 e. The predicted octanol–water partition coefficient (Wildman–Crippen LogP) is 0.962. The van der Waals surface area contributed by atoms with E-state index in [0.29, 0.717) is 31.9 Å². The number of hydrogen-bond donors (Lipinski definition) is 0. The van der Waals surface area contributed by atoms with E-state index in [4.69, 9.17) is 14.7 Å². The van der Waals surface area contributed by atoms with Gasteiger partial charge in [-0.3, -0.25) is 4.79 Å². The van der Waals surface area contributed by atoms with Crippen LogP contribution in [0.5, 0.6) is 0 Å². The lowest BCUT2D eigenvalue weighted by molar-refractivity contribution is -0.143. The highest BCUT2D eigenvalue weighted by molar-refractivity contribution is 5.92. The second-order valence-electron chi connectivity index (χ2n) is 4.68. The molecule has 110 valence electrons. The zero-order valence-corrected chi connectivity index (χ0v) is 11.7. The first-order valence-corrected chi connectivity index (χ1v) is 6.69. The van der Waals surface area contributed by atoms with Crippen LogP contribution in [0.4, 0.5) is 0 Å². The Labute approximate surface area is 122 Å². The second kappa shape index (κ2) is 6.86. The molecule has 0 spiro atoms. The first-order chi connectivity index (χ1) is 10.1. The summed E-state index contributed by atoms with van der Waals surface area (Å²) >= 11 is 0. The van der Waals surface area contributed by atoms with Gasteiger partial charge in [-0.15, -0.1) is 0 Å². The van der Waals surface area contributed by atoms with E-state index in [-0.39, 0.29) is 11.5 Å². The summed E-state index contributed by atoms with van der Waals surface area (Å²) in [7, 11) is 0. The summed E-state index contributed by atoms with van der Waals surface area (Å²) < 4.78 is 10.3. The third-order valence-corrected chi connectivity index (χ3v) is 3.18. The van der Waals surface area contributed by atoms with E-state index < -0.39 is 12.1 Å². The van der Waals surface area contributed by atoms with Crippen molar-refractivity contribution in [2.45, 2.75) is 13.0 Å². The Bertz CT molecular complexity index is 573. The van der Waals surface area contributed by atoms with Crippen molar-refractivity contribution in [3.8, 4) is 6.07 Å². The zero-order valence-electron chi connectivity index (χ0n) is 11.7.